The van der Waals surface area contributed by atoms with Gasteiger partial charge in [-0.15, -0.1) is 11.8 Å². The van der Waals surface area contributed by atoms with Crippen LogP contribution < -0.4 is 14.4 Å². The van der Waals surface area contributed by atoms with E-state index < -0.39 is 5.97 Å². The fourth-order valence-electron chi connectivity index (χ4n) is 2.99. The van der Waals surface area contributed by atoms with E-state index in [9.17, 15) is 9.59 Å². The van der Waals surface area contributed by atoms with Crippen LogP contribution in [-0.2, 0) is 9.53 Å². The van der Waals surface area contributed by atoms with Crippen molar-refractivity contribution in [3.63, 3.8) is 0 Å². The zero-order chi connectivity index (χ0) is 20.1. The van der Waals surface area contributed by atoms with Crippen LogP contribution >= 0.6 is 11.8 Å². The van der Waals surface area contributed by atoms with Crippen LogP contribution in [0, 0.1) is 0 Å². The normalized spacial score (nSPS) is 16.0. The van der Waals surface area contributed by atoms with Crippen molar-refractivity contribution >= 4 is 29.3 Å². The molecule has 1 amide bonds. The fraction of sp³-hybridized carbons (Fsp3) is 0.333. The van der Waals surface area contributed by atoms with Crippen LogP contribution in [0.15, 0.2) is 47.4 Å². The molecule has 1 heterocycles. The smallest absolute Gasteiger partial charge is 0.337 e. The number of rotatable bonds is 5. The van der Waals surface area contributed by atoms with Crippen LogP contribution in [0.3, 0.4) is 0 Å². The maximum atomic E-state index is 12.9. The third kappa shape index (κ3) is 4.42. The van der Waals surface area contributed by atoms with Crippen molar-refractivity contribution in [2.75, 3.05) is 32.3 Å². The second-order valence-electron chi connectivity index (χ2n) is 6.38. The lowest BCUT2D eigenvalue weighted by molar-refractivity contribution is -0.120. The van der Waals surface area contributed by atoms with Crippen LogP contribution in [0.1, 0.15) is 23.7 Å². The largest absolute Gasteiger partial charge is 0.493 e. The Bertz CT molecular complexity index is 870. The molecule has 0 saturated carbocycles. The van der Waals surface area contributed by atoms with Gasteiger partial charge in [0.05, 0.1) is 25.5 Å². The maximum Gasteiger partial charge on any atom is 0.337 e. The highest BCUT2D eigenvalue weighted by atomic mass is 32.2. The van der Waals surface area contributed by atoms with Gasteiger partial charge in [-0.2, -0.15) is 0 Å². The number of benzene rings is 2. The van der Waals surface area contributed by atoms with Crippen LogP contribution in [0.2, 0.25) is 0 Å². The van der Waals surface area contributed by atoms with Crippen LogP contribution in [0.25, 0.3) is 0 Å². The number of methoxy groups -OCH3 is 2. The zero-order valence-electron chi connectivity index (χ0n) is 16.1. The summed E-state index contributed by atoms with van der Waals surface area (Å²) in [4.78, 5) is 27.4. The molecule has 2 aromatic carbocycles. The van der Waals surface area contributed by atoms with Gasteiger partial charge in [0.2, 0.25) is 0 Å². The van der Waals surface area contributed by atoms with Crippen molar-refractivity contribution in [3.8, 4) is 11.5 Å². The molecule has 1 aliphatic rings. The van der Waals surface area contributed by atoms with Gasteiger partial charge in [0, 0.05) is 16.7 Å². The molecular weight excluding hydrogens is 378 g/mol. The molecule has 0 aromatic heterocycles. The summed E-state index contributed by atoms with van der Waals surface area (Å²) in [5, 5.41) is 0.436. The number of thioether (sulfide) groups is 1. The third-order valence-corrected chi connectivity index (χ3v) is 5.72. The summed E-state index contributed by atoms with van der Waals surface area (Å²) in [6.07, 6.45) is 0.905. The molecule has 0 radical (unpaired) electrons. The molecule has 0 N–H and O–H groups in total. The molecule has 148 valence electrons. The molecule has 0 saturated heterocycles. The SMILES string of the molecule is COC(=O)c1ccc(OCC(=O)N2CC[C@H](C)Sc3ccccc32)c(OC)c1. The first-order valence-corrected chi connectivity index (χ1v) is 9.86. The van der Waals surface area contributed by atoms with Crippen molar-refractivity contribution in [1.82, 2.24) is 0 Å². The highest BCUT2D eigenvalue weighted by Gasteiger charge is 2.24. The van der Waals surface area contributed by atoms with Crippen molar-refractivity contribution in [2.45, 2.75) is 23.5 Å². The Kier molecular flexibility index (Phi) is 6.46. The van der Waals surface area contributed by atoms with Gasteiger partial charge in [-0.1, -0.05) is 19.1 Å². The second kappa shape index (κ2) is 9.01. The minimum atomic E-state index is -0.464. The number of para-hydroxylation sites is 1. The number of hydrogen-bond acceptors (Lipinski definition) is 6. The Hall–Kier alpha value is -2.67. The van der Waals surface area contributed by atoms with E-state index >= 15 is 0 Å². The summed E-state index contributed by atoms with van der Waals surface area (Å²) in [7, 11) is 2.80. The highest BCUT2D eigenvalue weighted by Crippen LogP contribution is 2.37. The van der Waals surface area contributed by atoms with Crippen molar-refractivity contribution in [2.24, 2.45) is 0 Å². The summed E-state index contributed by atoms with van der Waals surface area (Å²) >= 11 is 1.78. The summed E-state index contributed by atoms with van der Waals surface area (Å²) in [5.74, 6) is 0.181. The van der Waals surface area contributed by atoms with E-state index in [0.29, 0.717) is 28.9 Å². The summed E-state index contributed by atoms with van der Waals surface area (Å²) in [6, 6.07) is 12.6. The Labute approximate surface area is 168 Å². The van der Waals surface area contributed by atoms with Gasteiger partial charge < -0.3 is 19.1 Å². The lowest BCUT2D eigenvalue weighted by Crippen LogP contribution is -2.36. The predicted molar refractivity (Wildman–Crippen MR) is 109 cm³/mol. The number of fused-ring (bicyclic) bond motifs is 1. The van der Waals surface area contributed by atoms with Gasteiger partial charge in [0.1, 0.15) is 0 Å². The monoisotopic (exact) mass is 401 g/mol. The first kappa shape index (κ1) is 20.1. The summed E-state index contributed by atoms with van der Waals surface area (Å²) < 4.78 is 15.7. The van der Waals surface area contributed by atoms with Crippen LogP contribution in [-0.4, -0.2) is 44.5 Å². The molecule has 0 aliphatic carbocycles. The first-order chi connectivity index (χ1) is 13.5. The minimum Gasteiger partial charge on any atom is -0.493 e. The number of carbonyl (C=O) groups excluding carboxylic acids is 2. The van der Waals surface area contributed by atoms with E-state index in [4.69, 9.17) is 14.2 Å². The molecule has 1 atom stereocenters. The Morgan fingerprint density at radius 2 is 1.93 bits per heavy atom. The molecule has 6 nitrogen and oxygen atoms in total. The molecular formula is C21H23NO5S. The average Bonchev–Trinajstić information content (AvgIpc) is 2.89. The molecule has 0 fully saturated rings. The lowest BCUT2D eigenvalue weighted by atomic mass is 10.2. The standard InChI is InChI=1S/C21H23NO5S/c1-14-10-11-22(16-6-4-5-7-19(16)28-14)20(23)13-27-17-9-8-15(21(24)26-3)12-18(17)25-2/h4-9,12,14H,10-11,13H2,1-3H3/t14-/m0/s1. The van der Waals surface area contributed by atoms with Gasteiger partial charge in [-0.3, -0.25) is 4.79 Å². The molecule has 1 aliphatic heterocycles. The van der Waals surface area contributed by atoms with Crippen molar-refractivity contribution in [1.29, 1.82) is 0 Å². The number of carbonyl (C=O) groups is 2. The van der Waals surface area contributed by atoms with E-state index in [1.165, 1.54) is 20.3 Å². The number of hydrogen-bond donors (Lipinski definition) is 0. The fourth-order valence-corrected chi connectivity index (χ4v) is 4.11. The first-order valence-electron chi connectivity index (χ1n) is 8.98. The van der Waals surface area contributed by atoms with Gasteiger partial charge in [-0.05, 0) is 36.8 Å². The molecule has 7 heteroatoms. The molecule has 28 heavy (non-hydrogen) atoms. The summed E-state index contributed by atoms with van der Waals surface area (Å²) in [5.41, 5.74) is 1.27. The summed E-state index contributed by atoms with van der Waals surface area (Å²) in [6.45, 7) is 2.69. The van der Waals surface area contributed by atoms with E-state index in [1.54, 1.807) is 28.8 Å². The molecule has 3 rings (SSSR count). The quantitative estimate of drug-likeness (QED) is 0.711. The molecule has 0 bridgehead atoms. The number of ether oxygens (including phenoxy) is 3. The van der Waals surface area contributed by atoms with Crippen molar-refractivity contribution in [3.05, 3.63) is 48.0 Å². The van der Waals surface area contributed by atoms with E-state index in [0.717, 1.165) is 17.0 Å². The number of amides is 1. The lowest BCUT2D eigenvalue weighted by Gasteiger charge is -2.23. The predicted octanol–water partition coefficient (Wildman–Crippen LogP) is 3.78. The number of nitrogens with zero attached hydrogens (tertiary/aromatic N) is 1. The Morgan fingerprint density at radius 3 is 2.68 bits per heavy atom. The third-order valence-electron chi connectivity index (χ3n) is 4.48. The van der Waals surface area contributed by atoms with Gasteiger partial charge >= 0.3 is 5.97 Å². The van der Waals surface area contributed by atoms with Crippen molar-refractivity contribution < 1.29 is 23.8 Å². The van der Waals surface area contributed by atoms with Crippen LogP contribution in [0.4, 0.5) is 5.69 Å². The molecule has 2 aromatic rings. The minimum absolute atomic E-state index is 0.124. The number of esters is 1. The number of anilines is 1. The van der Waals surface area contributed by atoms with Crippen LogP contribution in [0.5, 0.6) is 11.5 Å². The van der Waals surface area contributed by atoms with Gasteiger partial charge in [-0.25, -0.2) is 4.79 Å². The molecule has 0 spiro atoms. The average molecular weight is 401 g/mol. The van der Waals surface area contributed by atoms with Gasteiger partial charge in [0.25, 0.3) is 5.91 Å². The topological polar surface area (TPSA) is 65.1 Å². The Balaban J connectivity index is 1.75. The highest BCUT2D eigenvalue weighted by molar-refractivity contribution is 8.00. The zero-order valence-corrected chi connectivity index (χ0v) is 17.0. The maximum absolute atomic E-state index is 12.9. The van der Waals surface area contributed by atoms with E-state index in [-0.39, 0.29) is 12.5 Å². The molecule has 0 unspecified atom stereocenters. The second-order valence-corrected chi connectivity index (χ2v) is 7.86. The van der Waals surface area contributed by atoms with E-state index in [2.05, 4.69) is 6.92 Å². The Morgan fingerprint density at radius 1 is 1.14 bits per heavy atom. The van der Waals surface area contributed by atoms with E-state index in [1.807, 2.05) is 24.3 Å². The van der Waals surface area contributed by atoms with Gasteiger partial charge in [0.15, 0.2) is 18.1 Å².